The molecule has 2 aromatic rings. The zero-order valence-electron chi connectivity index (χ0n) is 10.2. The van der Waals surface area contributed by atoms with Gasteiger partial charge in [-0.2, -0.15) is 0 Å². The molecule has 0 aliphatic heterocycles. The number of carbonyl (C=O) groups is 1. The van der Waals surface area contributed by atoms with Gasteiger partial charge < -0.3 is 4.98 Å². The highest BCUT2D eigenvalue weighted by atomic mass is 19.1. The molecule has 2 nitrogen and oxygen atoms in total. The van der Waals surface area contributed by atoms with Crippen molar-refractivity contribution in [3.05, 3.63) is 35.8 Å². The topological polar surface area (TPSA) is 32.9 Å². The first-order chi connectivity index (χ1) is 8.75. The summed E-state index contributed by atoms with van der Waals surface area (Å²) < 4.78 is 13.3. The van der Waals surface area contributed by atoms with Crippen molar-refractivity contribution in [2.45, 2.75) is 32.1 Å². The van der Waals surface area contributed by atoms with Crippen molar-refractivity contribution in [1.29, 1.82) is 0 Å². The van der Waals surface area contributed by atoms with E-state index in [0.29, 0.717) is 10.9 Å². The Bertz CT molecular complexity index is 581. The molecule has 1 saturated carbocycles. The quantitative estimate of drug-likeness (QED) is 0.795. The lowest BCUT2D eigenvalue weighted by Gasteiger charge is -2.19. The first kappa shape index (κ1) is 11.5. The average Bonchev–Trinajstić information content (AvgIpc) is 2.82. The van der Waals surface area contributed by atoms with Crippen LogP contribution in [0.4, 0.5) is 4.39 Å². The van der Waals surface area contributed by atoms with E-state index in [2.05, 4.69) is 4.98 Å². The maximum Gasteiger partial charge on any atom is 0.168 e. The number of aromatic amines is 1. The van der Waals surface area contributed by atoms with Crippen molar-refractivity contribution in [2.24, 2.45) is 5.92 Å². The zero-order chi connectivity index (χ0) is 12.5. The molecule has 1 aliphatic carbocycles. The Labute approximate surface area is 105 Å². The van der Waals surface area contributed by atoms with Crippen LogP contribution in [0.5, 0.6) is 0 Å². The smallest absolute Gasteiger partial charge is 0.168 e. The summed E-state index contributed by atoms with van der Waals surface area (Å²) in [6.07, 6.45) is 7.16. The Kier molecular flexibility index (Phi) is 2.90. The number of ketones is 1. The number of fused-ring (bicyclic) bond motifs is 1. The number of halogens is 1. The number of benzene rings is 1. The number of rotatable bonds is 2. The molecule has 0 saturated heterocycles. The fourth-order valence-corrected chi connectivity index (χ4v) is 2.88. The van der Waals surface area contributed by atoms with Crippen LogP contribution in [-0.4, -0.2) is 10.8 Å². The standard InChI is InChI=1S/C15H16FNO/c16-11-6-7-14-12(8-11)13(9-17-14)15(18)10-4-2-1-3-5-10/h6-10,17H,1-5H2. The zero-order valence-corrected chi connectivity index (χ0v) is 10.2. The number of hydrogen-bond donors (Lipinski definition) is 1. The largest absolute Gasteiger partial charge is 0.360 e. The molecule has 1 fully saturated rings. The summed E-state index contributed by atoms with van der Waals surface area (Å²) in [5.74, 6) is 0.00682. The second kappa shape index (κ2) is 4.56. The Morgan fingerprint density at radius 1 is 1.22 bits per heavy atom. The summed E-state index contributed by atoms with van der Waals surface area (Å²) in [6, 6.07) is 4.54. The van der Waals surface area contributed by atoms with E-state index in [1.165, 1.54) is 18.6 Å². The van der Waals surface area contributed by atoms with Crippen molar-refractivity contribution in [3.63, 3.8) is 0 Å². The molecular formula is C15H16FNO. The second-order valence-corrected chi connectivity index (χ2v) is 5.09. The molecule has 1 aliphatic rings. The molecule has 1 N–H and O–H groups in total. The van der Waals surface area contributed by atoms with E-state index in [1.807, 2.05) is 0 Å². The lowest BCUT2D eigenvalue weighted by molar-refractivity contribution is 0.0891. The molecule has 3 heteroatoms. The van der Waals surface area contributed by atoms with Crippen LogP contribution in [-0.2, 0) is 0 Å². The molecule has 94 valence electrons. The van der Waals surface area contributed by atoms with Crippen molar-refractivity contribution >= 4 is 16.7 Å². The summed E-state index contributed by atoms with van der Waals surface area (Å²) >= 11 is 0. The predicted molar refractivity (Wildman–Crippen MR) is 69.2 cm³/mol. The summed E-state index contributed by atoms with van der Waals surface area (Å²) in [5, 5.41) is 0.713. The molecule has 0 bridgehead atoms. The Morgan fingerprint density at radius 3 is 2.78 bits per heavy atom. The SMILES string of the molecule is O=C(c1c[nH]c2ccc(F)cc12)C1CCCCC1. The van der Waals surface area contributed by atoms with Gasteiger partial charge in [0, 0.05) is 28.6 Å². The molecule has 3 rings (SSSR count). The van der Waals surface area contributed by atoms with Gasteiger partial charge in [-0.1, -0.05) is 19.3 Å². The third-order valence-corrected chi connectivity index (χ3v) is 3.89. The van der Waals surface area contributed by atoms with E-state index < -0.39 is 0 Å². The minimum Gasteiger partial charge on any atom is -0.360 e. The Balaban J connectivity index is 1.98. The van der Waals surface area contributed by atoms with E-state index in [0.717, 1.165) is 31.2 Å². The van der Waals surface area contributed by atoms with Gasteiger partial charge in [0.05, 0.1) is 0 Å². The minimum absolute atomic E-state index is 0.126. The van der Waals surface area contributed by atoms with E-state index in [1.54, 1.807) is 12.3 Å². The van der Waals surface area contributed by atoms with Gasteiger partial charge in [-0.05, 0) is 31.0 Å². The van der Waals surface area contributed by atoms with Crippen LogP contribution in [0.2, 0.25) is 0 Å². The highest BCUT2D eigenvalue weighted by molar-refractivity contribution is 6.08. The van der Waals surface area contributed by atoms with Crippen LogP contribution in [0.1, 0.15) is 42.5 Å². The second-order valence-electron chi connectivity index (χ2n) is 5.09. The minimum atomic E-state index is -0.292. The molecule has 0 radical (unpaired) electrons. The fraction of sp³-hybridized carbons (Fsp3) is 0.400. The maximum atomic E-state index is 13.3. The third kappa shape index (κ3) is 1.94. The van der Waals surface area contributed by atoms with Crippen LogP contribution in [0.25, 0.3) is 10.9 Å². The first-order valence-electron chi connectivity index (χ1n) is 6.56. The summed E-state index contributed by atoms with van der Waals surface area (Å²) in [5.41, 5.74) is 1.48. The van der Waals surface area contributed by atoms with Crippen LogP contribution in [0.15, 0.2) is 24.4 Å². The fourth-order valence-electron chi connectivity index (χ4n) is 2.88. The molecule has 0 unspecified atom stereocenters. The van der Waals surface area contributed by atoms with Gasteiger partial charge in [0.2, 0.25) is 0 Å². The van der Waals surface area contributed by atoms with Crippen LogP contribution >= 0.6 is 0 Å². The van der Waals surface area contributed by atoms with Crippen molar-refractivity contribution in [1.82, 2.24) is 4.98 Å². The Morgan fingerprint density at radius 2 is 2.00 bits per heavy atom. The number of aromatic nitrogens is 1. The van der Waals surface area contributed by atoms with Crippen molar-refractivity contribution < 1.29 is 9.18 Å². The Hall–Kier alpha value is -1.64. The molecule has 0 amide bonds. The molecule has 18 heavy (non-hydrogen) atoms. The third-order valence-electron chi connectivity index (χ3n) is 3.89. The van der Waals surface area contributed by atoms with Gasteiger partial charge in [0.25, 0.3) is 0 Å². The molecule has 0 atom stereocenters. The molecular weight excluding hydrogens is 229 g/mol. The molecule has 1 aromatic heterocycles. The highest BCUT2D eigenvalue weighted by Crippen LogP contribution is 2.29. The van der Waals surface area contributed by atoms with Gasteiger partial charge in [0.15, 0.2) is 5.78 Å². The van der Waals surface area contributed by atoms with E-state index in [9.17, 15) is 9.18 Å². The number of carbonyl (C=O) groups excluding carboxylic acids is 1. The van der Waals surface area contributed by atoms with Gasteiger partial charge in [-0.3, -0.25) is 4.79 Å². The van der Waals surface area contributed by atoms with E-state index in [4.69, 9.17) is 0 Å². The van der Waals surface area contributed by atoms with Crippen LogP contribution < -0.4 is 0 Å². The van der Waals surface area contributed by atoms with Crippen LogP contribution in [0, 0.1) is 11.7 Å². The number of Topliss-reactive ketones (excluding diaryl/α,β-unsaturated/α-hetero) is 1. The highest BCUT2D eigenvalue weighted by Gasteiger charge is 2.24. The van der Waals surface area contributed by atoms with Crippen molar-refractivity contribution in [3.8, 4) is 0 Å². The van der Waals surface area contributed by atoms with E-state index in [-0.39, 0.29) is 17.5 Å². The van der Waals surface area contributed by atoms with Gasteiger partial charge in [-0.15, -0.1) is 0 Å². The summed E-state index contributed by atoms with van der Waals surface area (Å²) in [7, 11) is 0. The monoisotopic (exact) mass is 245 g/mol. The number of hydrogen-bond acceptors (Lipinski definition) is 1. The molecule has 1 heterocycles. The van der Waals surface area contributed by atoms with Gasteiger partial charge >= 0.3 is 0 Å². The molecule has 1 aromatic carbocycles. The normalized spacial score (nSPS) is 17.2. The van der Waals surface area contributed by atoms with Gasteiger partial charge in [0.1, 0.15) is 5.82 Å². The average molecular weight is 245 g/mol. The van der Waals surface area contributed by atoms with Gasteiger partial charge in [-0.25, -0.2) is 4.39 Å². The summed E-state index contributed by atoms with van der Waals surface area (Å²) in [6.45, 7) is 0. The predicted octanol–water partition coefficient (Wildman–Crippen LogP) is 4.07. The summed E-state index contributed by atoms with van der Waals surface area (Å²) in [4.78, 5) is 15.5. The number of H-pyrrole nitrogens is 1. The van der Waals surface area contributed by atoms with Crippen LogP contribution in [0.3, 0.4) is 0 Å². The lowest BCUT2D eigenvalue weighted by Crippen LogP contribution is -2.17. The lowest BCUT2D eigenvalue weighted by atomic mass is 9.84. The number of nitrogens with one attached hydrogen (secondary N) is 1. The maximum absolute atomic E-state index is 13.3. The van der Waals surface area contributed by atoms with E-state index >= 15 is 0 Å². The van der Waals surface area contributed by atoms with Crippen molar-refractivity contribution in [2.75, 3.05) is 0 Å². The first-order valence-corrected chi connectivity index (χ1v) is 6.56. The molecule has 0 spiro atoms.